The molecule has 3 aromatic rings. The van der Waals surface area contributed by atoms with E-state index in [1.807, 2.05) is 38.1 Å². The van der Waals surface area contributed by atoms with Crippen LogP contribution in [0.4, 0.5) is 5.69 Å². The predicted molar refractivity (Wildman–Crippen MR) is 159 cm³/mol. The second-order valence-corrected chi connectivity index (χ2v) is 12.4. The minimum Gasteiger partial charge on any atom is -0.354 e. The van der Waals surface area contributed by atoms with Gasteiger partial charge in [0.15, 0.2) is 0 Å². The van der Waals surface area contributed by atoms with Crippen LogP contribution < -0.4 is 9.62 Å². The van der Waals surface area contributed by atoms with Crippen molar-refractivity contribution in [1.82, 2.24) is 10.2 Å². The van der Waals surface area contributed by atoms with Crippen molar-refractivity contribution in [2.75, 3.05) is 17.4 Å². The van der Waals surface area contributed by atoms with Gasteiger partial charge in [-0.1, -0.05) is 82.8 Å². The first-order chi connectivity index (χ1) is 18.5. The van der Waals surface area contributed by atoms with Crippen molar-refractivity contribution >= 4 is 55.1 Å². The Balaban J connectivity index is 2.01. The molecule has 2 amide bonds. The van der Waals surface area contributed by atoms with E-state index in [0.717, 1.165) is 32.7 Å². The number of halogens is 2. The van der Waals surface area contributed by atoms with E-state index in [9.17, 15) is 18.0 Å². The number of benzene rings is 3. The van der Waals surface area contributed by atoms with Crippen LogP contribution in [0.3, 0.4) is 0 Å². The second-order valence-electron chi connectivity index (χ2n) is 9.25. The normalized spacial score (nSPS) is 12.0. The van der Waals surface area contributed by atoms with Gasteiger partial charge in [0.25, 0.3) is 10.0 Å². The van der Waals surface area contributed by atoms with E-state index in [1.54, 1.807) is 43.3 Å². The van der Waals surface area contributed by atoms with Crippen molar-refractivity contribution in [3.63, 3.8) is 0 Å². The van der Waals surface area contributed by atoms with Crippen molar-refractivity contribution < 1.29 is 18.0 Å². The van der Waals surface area contributed by atoms with E-state index in [0.29, 0.717) is 6.54 Å². The van der Waals surface area contributed by atoms with E-state index < -0.39 is 28.5 Å². The lowest BCUT2D eigenvalue weighted by Gasteiger charge is -2.32. The van der Waals surface area contributed by atoms with Crippen LogP contribution in [-0.4, -0.2) is 44.3 Å². The molecule has 0 aliphatic heterocycles. The molecule has 0 saturated heterocycles. The Morgan fingerprint density at radius 3 is 2.36 bits per heavy atom. The number of sulfonamides is 1. The van der Waals surface area contributed by atoms with Crippen LogP contribution in [0.2, 0.25) is 5.02 Å². The summed E-state index contributed by atoms with van der Waals surface area (Å²) >= 11 is 9.88. The predicted octanol–water partition coefficient (Wildman–Crippen LogP) is 5.94. The van der Waals surface area contributed by atoms with E-state index in [2.05, 4.69) is 21.2 Å². The Morgan fingerprint density at radius 2 is 1.72 bits per heavy atom. The van der Waals surface area contributed by atoms with E-state index in [1.165, 1.54) is 17.0 Å². The molecule has 0 aliphatic rings. The van der Waals surface area contributed by atoms with E-state index in [4.69, 9.17) is 11.6 Å². The van der Waals surface area contributed by atoms with Crippen LogP contribution in [0.15, 0.2) is 82.2 Å². The first kappa shape index (κ1) is 30.7. The highest BCUT2D eigenvalue weighted by Crippen LogP contribution is 2.31. The van der Waals surface area contributed by atoms with Gasteiger partial charge in [0.05, 0.1) is 15.6 Å². The Bertz CT molecular complexity index is 1400. The van der Waals surface area contributed by atoms with Gasteiger partial charge in [-0.2, -0.15) is 0 Å². The zero-order valence-electron chi connectivity index (χ0n) is 22.2. The molecule has 0 heterocycles. The molecule has 208 valence electrons. The maximum atomic E-state index is 13.9. The van der Waals surface area contributed by atoms with Crippen LogP contribution in [0.25, 0.3) is 0 Å². The summed E-state index contributed by atoms with van der Waals surface area (Å²) in [4.78, 5) is 28.4. The number of aryl methyl sites for hydroxylation is 1. The molecule has 0 spiro atoms. The van der Waals surface area contributed by atoms with Crippen LogP contribution in [0, 0.1) is 6.92 Å². The van der Waals surface area contributed by atoms with Crippen molar-refractivity contribution in [2.45, 2.75) is 51.1 Å². The smallest absolute Gasteiger partial charge is 0.264 e. The molecule has 1 unspecified atom stereocenters. The third-order valence-electron chi connectivity index (χ3n) is 6.25. The van der Waals surface area contributed by atoms with Gasteiger partial charge in [-0.3, -0.25) is 13.9 Å². The number of hydrogen-bond donors (Lipinski definition) is 1. The van der Waals surface area contributed by atoms with Crippen molar-refractivity contribution in [3.05, 3.63) is 93.4 Å². The lowest BCUT2D eigenvalue weighted by Crippen LogP contribution is -2.51. The summed E-state index contributed by atoms with van der Waals surface area (Å²) in [5, 5.41) is 3.06. The zero-order valence-corrected chi connectivity index (χ0v) is 25.4. The molecule has 3 aromatic carbocycles. The highest BCUT2D eigenvalue weighted by Gasteiger charge is 2.33. The summed E-state index contributed by atoms with van der Waals surface area (Å²) in [5.74, 6) is -0.846. The lowest BCUT2D eigenvalue weighted by molar-refractivity contribution is -0.139. The SMILES string of the molecule is CCCCNC(=O)C(C)N(Cc1cccc(Br)c1)C(=O)CN(c1ccccc1Cl)S(=O)(=O)c1ccc(C)cc1. The number of para-hydroxylation sites is 1. The standard InChI is InChI=1S/C29H33BrClN3O4S/c1-4-5-17-32-29(36)22(3)33(19-23-9-8-10-24(30)18-23)28(35)20-34(27-12-7-6-11-26(27)31)39(37,38)25-15-13-21(2)14-16-25/h6-16,18,22H,4-5,17,19-20H2,1-3H3,(H,32,36). The Kier molecular flexibility index (Phi) is 11.0. The molecular formula is C29H33BrClN3O4S. The highest BCUT2D eigenvalue weighted by molar-refractivity contribution is 9.10. The Morgan fingerprint density at radius 1 is 1.03 bits per heavy atom. The van der Waals surface area contributed by atoms with Gasteiger partial charge in [0, 0.05) is 17.6 Å². The van der Waals surface area contributed by atoms with Gasteiger partial charge in [-0.05, 0) is 62.2 Å². The maximum absolute atomic E-state index is 13.9. The average Bonchev–Trinajstić information content (AvgIpc) is 2.90. The summed E-state index contributed by atoms with van der Waals surface area (Å²) in [5.41, 5.74) is 1.87. The highest BCUT2D eigenvalue weighted by atomic mass is 79.9. The first-order valence-electron chi connectivity index (χ1n) is 12.7. The minimum absolute atomic E-state index is 0.0321. The number of carbonyl (C=O) groups excluding carboxylic acids is 2. The fourth-order valence-electron chi connectivity index (χ4n) is 3.96. The van der Waals surface area contributed by atoms with Gasteiger partial charge in [0.2, 0.25) is 11.8 Å². The van der Waals surface area contributed by atoms with Crippen LogP contribution in [0.5, 0.6) is 0 Å². The number of nitrogens with zero attached hydrogens (tertiary/aromatic N) is 2. The number of amides is 2. The van der Waals surface area contributed by atoms with Crippen LogP contribution in [-0.2, 0) is 26.2 Å². The zero-order chi connectivity index (χ0) is 28.6. The van der Waals surface area contributed by atoms with Gasteiger partial charge in [0.1, 0.15) is 12.6 Å². The fourth-order valence-corrected chi connectivity index (χ4v) is 6.12. The number of anilines is 1. The van der Waals surface area contributed by atoms with Crippen LogP contribution in [0.1, 0.15) is 37.8 Å². The van der Waals surface area contributed by atoms with E-state index >= 15 is 0 Å². The summed E-state index contributed by atoms with van der Waals surface area (Å²) < 4.78 is 29.5. The molecule has 1 atom stereocenters. The minimum atomic E-state index is -4.17. The molecule has 0 aliphatic carbocycles. The Hall–Kier alpha value is -2.88. The first-order valence-corrected chi connectivity index (χ1v) is 15.3. The van der Waals surface area contributed by atoms with Crippen molar-refractivity contribution in [2.24, 2.45) is 0 Å². The summed E-state index contributed by atoms with van der Waals surface area (Å²) in [6.45, 7) is 5.59. The van der Waals surface area contributed by atoms with E-state index in [-0.39, 0.29) is 28.1 Å². The molecule has 7 nitrogen and oxygen atoms in total. The molecule has 0 aromatic heterocycles. The third kappa shape index (κ3) is 8.06. The maximum Gasteiger partial charge on any atom is 0.264 e. The van der Waals surface area contributed by atoms with Crippen molar-refractivity contribution in [3.8, 4) is 0 Å². The largest absolute Gasteiger partial charge is 0.354 e. The molecule has 39 heavy (non-hydrogen) atoms. The molecule has 3 rings (SSSR count). The van der Waals surface area contributed by atoms with Gasteiger partial charge in [-0.25, -0.2) is 8.42 Å². The topological polar surface area (TPSA) is 86.8 Å². The second kappa shape index (κ2) is 14.0. The molecular weight excluding hydrogens is 602 g/mol. The average molecular weight is 635 g/mol. The van der Waals surface area contributed by atoms with Crippen LogP contribution >= 0.6 is 27.5 Å². The third-order valence-corrected chi connectivity index (χ3v) is 8.83. The number of hydrogen-bond acceptors (Lipinski definition) is 4. The fraction of sp³-hybridized carbons (Fsp3) is 0.310. The number of nitrogens with one attached hydrogen (secondary N) is 1. The Labute approximate surface area is 244 Å². The monoisotopic (exact) mass is 633 g/mol. The number of unbranched alkanes of at least 4 members (excludes halogenated alkanes) is 1. The summed E-state index contributed by atoms with van der Waals surface area (Å²) in [6, 6.07) is 19.4. The lowest BCUT2D eigenvalue weighted by atomic mass is 10.1. The number of carbonyl (C=O) groups is 2. The molecule has 0 bridgehead atoms. The molecule has 1 N–H and O–H groups in total. The quantitative estimate of drug-likeness (QED) is 0.250. The number of rotatable bonds is 12. The van der Waals surface area contributed by atoms with Gasteiger partial charge < -0.3 is 10.2 Å². The summed E-state index contributed by atoms with van der Waals surface area (Å²) in [7, 11) is -4.17. The molecule has 0 fully saturated rings. The van der Waals surface area contributed by atoms with Gasteiger partial charge in [-0.15, -0.1) is 0 Å². The van der Waals surface area contributed by atoms with Gasteiger partial charge >= 0.3 is 0 Å². The summed E-state index contributed by atoms with van der Waals surface area (Å²) in [6.07, 6.45) is 1.73. The van der Waals surface area contributed by atoms with Crippen molar-refractivity contribution in [1.29, 1.82) is 0 Å². The molecule has 0 saturated carbocycles. The molecule has 10 heteroatoms. The molecule has 0 radical (unpaired) electrons.